The summed E-state index contributed by atoms with van der Waals surface area (Å²) >= 11 is 0. The average Bonchev–Trinajstić information content (AvgIpc) is 2.71. The number of carbonyl (C=O) groups excluding carboxylic acids is 1. The molecule has 1 unspecified atom stereocenters. The minimum atomic E-state index is -4.77. The fourth-order valence-electron chi connectivity index (χ4n) is 3.41. The number of alkyl halides is 5. The lowest BCUT2D eigenvalue weighted by molar-refractivity contribution is -0.271. The molecule has 0 bridgehead atoms. The van der Waals surface area contributed by atoms with E-state index < -0.39 is 31.1 Å². The molecule has 0 aliphatic heterocycles. The molecule has 0 saturated heterocycles. The third-order valence-corrected chi connectivity index (χ3v) is 5.36. The number of benzene rings is 1. The van der Waals surface area contributed by atoms with Crippen molar-refractivity contribution in [3.63, 3.8) is 0 Å². The fraction of sp³-hybridized carbons (Fsp3) is 0.524. The standard InChI is InChI=1S/C21H23F5N2O4/c1-20(30,21(24,25)26)11-31-15-6-3-14(4-7-15)28-18(29)13-8-12-2-5-16(32-19(22)23)9-17(12)27-10-13/h2,5,8-10,14-15,19,30H,3-4,6-7,11H2,1H3,(H,28,29). The Morgan fingerprint density at radius 1 is 1.22 bits per heavy atom. The maximum absolute atomic E-state index is 12.7. The second-order valence-corrected chi connectivity index (χ2v) is 7.99. The molecule has 6 nitrogen and oxygen atoms in total. The monoisotopic (exact) mass is 462 g/mol. The Morgan fingerprint density at radius 2 is 1.91 bits per heavy atom. The summed E-state index contributed by atoms with van der Waals surface area (Å²) in [5, 5.41) is 12.9. The van der Waals surface area contributed by atoms with Crippen LogP contribution >= 0.6 is 0 Å². The molecule has 1 aliphatic carbocycles. The lowest BCUT2D eigenvalue weighted by Gasteiger charge is -2.32. The highest BCUT2D eigenvalue weighted by Gasteiger charge is 2.50. The van der Waals surface area contributed by atoms with Gasteiger partial charge in [-0.05, 0) is 50.8 Å². The van der Waals surface area contributed by atoms with Crippen molar-refractivity contribution < 1.29 is 41.3 Å². The van der Waals surface area contributed by atoms with Gasteiger partial charge in [-0.2, -0.15) is 22.0 Å². The molecule has 1 heterocycles. The van der Waals surface area contributed by atoms with Crippen molar-refractivity contribution in [2.24, 2.45) is 0 Å². The molecule has 1 aromatic heterocycles. The van der Waals surface area contributed by atoms with Crippen LogP contribution in [0.25, 0.3) is 10.9 Å². The number of halogens is 5. The van der Waals surface area contributed by atoms with E-state index in [9.17, 15) is 31.9 Å². The van der Waals surface area contributed by atoms with Crippen molar-refractivity contribution in [2.45, 2.75) is 63.1 Å². The molecule has 1 fully saturated rings. The number of nitrogens with one attached hydrogen (secondary N) is 1. The number of pyridine rings is 1. The third-order valence-electron chi connectivity index (χ3n) is 5.36. The van der Waals surface area contributed by atoms with Gasteiger partial charge in [0.2, 0.25) is 0 Å². The van der Waals surface area contributed by atoms with Gasteiger partial charge in [0.1, 0.15) is 5.75 Å². The van der Waals surface area contributed by atoms with Crippen LogP contribution in [0.4, 0.5) is 22.0 Å². The van der Waals surface area contributed by atoms with E-state index in [1.165, 1.54) is 24.4 Å². The number of hydrogen-bond acceptors (Lipinski definition) is 5. The molecule has 1 amide bonds. The van der Waals surface area contributed by atoms with Gasteiger partial charge >= 0.3 is 12.8 Å². The van der Waals surface area contributed by atoms with Crippen LogP contribution in [-0.4, -0.2) is 53.1 Å². The van der Waals surface area contributed by atoms with E-state index in [4.69, 9.17) is 4.74 Å². The molecule has 1 aliphatic rings. The number of fused-ring (bicyclic) bond motifs is 1. The molecule has 2 N–H and O–H groups in total. The highest BCUT2D eigenvalue weighted by atomic mass is 19.4. The normalized spacial score (nSPS) is 21.4. The van der Waals surface area contributed by atoms with E-state index in [0.717, 1.165) is 0 Å². The number of nitrogens with zero attached hydrogens (tertiary/aromatic N) is 1. The number of carbonyl (C=O) groups is 1. The first-order valence-electron chi connectivity index (χ1n) is 10.0. The van der Waals surface area contributed by atoms with Crippen molar-refractivity contribution >= 4 is 16.8 Å². The first kappa shape index (κ1) is 24.1. The molecule has 1 atom stereocenters. The van der Waals surface area contributed by atoms with Gasteiger partial charge in [0.15, 0.2) is 5.60 Å². The Morgan fingerprint density at radius 3 is 2.53 bits per heavy atom. The van der Waals surface area contributed by atoms with Crippen LogP contribution in [-0.2, 0) is 4.74 Å². The molecular weight excluding hydrogens is 439 g/mol. The molecule has 176 valence electrons. The van der Waals surface area contributed by atoms with Crippen LogP contribution in [0, 0.1) is 0 Å². The van der Waals surface area contributed by atoms with Crippen LogP contribution in [0.3, 0.4) is 0 Å². The van der Waals surface area contributed by atoms with E-state index in [0.29, 0.717) is 49.1 Å². The lowest BCUT2D eigenvalue weighted by Crippen LogP contribution is -2.47. The van der Waals surface area contributed by atoms with Crippen molar-refractivity contribution in [1.82, 2.24) is 10.3 Å². The molecular formula is C21H23F5N2O4. The number of aliphatic hydroxyl groups is 1. The molecule has 0 radical (unpaired) electrons. The summed E-state index contributed by atoms with van der Waals surface area (Å²) in [6.07, 6.45) is -1.95. The highest BCUT2D eigenvalue weighted by molar-refractivity contribution is 5.97. The van der Waals surface area contributed by atoms with E-state index >= 15 is 0 Å². The van der Waals surface area contributed by atoms with Gasteiger partial charge in [0, 0.05) is 23.7 Å². The van der Waals surface area contributed by atoms with Gasteiger partial charge < -0.3 is 19.9 Å². The Balaban J connectivity index is 1.52. The highest BCUT2D eigenvalue weighted by Crippen LogP contribution is 2.31. The summed E-state index contributed by atoms with van der Waals surface area (Å²) in [7, 11) is 0. The zero-order valence-electron chi connectivity index (χ0n) is 17.2. The summed E-state index contributed by atoms with van der Waals surface area (Å²) < 4.78 is 72.3. The fourth-order valence-corrected chi connectivity index (χ4v) is 3.41. The lowest BCUT2D eigenvalue weighted by atomic mass is 9.92. The topological polar surface area (TPSA) is 80.7 Å². The first-order valence-corrected chi connectivity index (χ1v) is 10.0. The number of ether oxygens (including phenoxy) is 2. The van der Waals surface area contributed by atoms with E-state index in [1.54, 1.807) is 6.07 Å². The maximum atomic E-state index is 12.7. The largest absolute Gasteiger partial charge is 0.435 e. The number of rotatable bonds is 7. The molecule has 1 aromatic carbocycles. The van der Waals surface area contributed by atoms with E-state index in [2.05, 4.69) is 15.0 Å². The Bertz CT molecular complexity index is 943. The minimum Gasteiger partial charge on any atom is -0.435 e. The summed E-state index contributed by atoms with van der Waals surface area (Å²) in [5.41, 5.74) is -2.22. The van der Waals surface area contributed by atoms with Gasteiger partial charge in [-0.1, -0.05) is 0 Å². The molecule has 1 saturated carbocycles. The summed E-state index contributed by atoms with van der Waals surface area (Å²) in [4.78, 5) is 16.7. The quantitative estimate of drug-likeness (QED) is 0.603. The van der Waals surface area contributed by atoms with Crippen molar-refractivity contribution in [3.05, 3.63) is 36.0 Å². The summed E-state index contributed by atoms with van der Waals surface area (Å²) in [5.74, 6) is -0.399. The van der Waals surface area contributed by atoms with Crippen LogP contribution in [0.5, 0.6) is 5.75 Å². The second-order valence-electron chi connectivity index (χ2n) is 7.99. The SMILES string of the molecule is CC(O)(COC1CCC(NC(=O)c2cnc3cc(OC(F)F)ccc3c2)CC1)C(F)(F)F. The van der Waals surface area contributed by atoms with E-state index in [-0.39, 0.29) is 17.7 Å². The number of aromatic nitrogens is 1. The zero-order valence-corrected chi connectivity index (χ0v) is 17.2. The van der Waals surface area contributed by atoms with Crippen LogP contribution in [0.1, 0.15) is 43.0 Å². The second kappa shape index (κ2) is 9.53. The Kier molecular flexibility index (Phi) is 7.19. The zero-order chi connectivity index (χ0) is 23.5. The summed E-state index contributed by atoms with van der Waals surface area (Å²) in [6, 6.07) is 5.63. The molecule has 2 aromatic rings. The van der Waals surface area contributed by atoms with E-state index in [1.807, 2.05) is 0 Å². The van der Waals surface area contributed by atoms with Crippen molar-refractivity contribution in [1.29, 1.82) is 0 Å². The molecule has 0 spiro atoms. The van der Waals surface area contributed by atoms with Crippen LogP contribution in [0.2, 0.25) is 0 Å². The van der Waals surface area contributed by atoms with Gasteiger partial charge in [0.05, 0.1) is 23.8 Å². The van der Waals surface area contributed by atoms with Crippen LogP contribution in [0.15, 0.2) is 30.5 Å². The Labute approximate surface area is 180 Å². The summed E-state index contributed by atoms with van der Waals surface area (Å²) in [6.45, 7) is -3.12. The smallest absolute Gasteiger partial charge is 0.419 e. The third kappa shape index (κ3) is 6.04. The molecule has 32 heavy (non-hydrogen) atoms. The Hall–Kier alpha value is -2.53. The first-order chi connectivity index (χ1) is 14.9. The molecule has 11 heteroatoms. The predicted molar refractivity (Wildman–Crippen MR) is 105 cm³/mol. The average molecular weight is 462 g/mol. The van der Waals surface area contributed by atoms with Crippen LogP contribution < -0.4 is 10.1 Å². The van der Waals surface area contributed by atoms with Gasteiger partial charge in [-0.15, -0.1) is 0 Å². The van der Waals surface area contributed by atoms with Crippen molar-refractivity contribution in [2.75, 3.05) is 6.61 Å². The van der Waals surface area contributed by atoms with Gasteiger partial charge in [-0.25, -0.2) is 0 Å². The molecule has 3 rings (SSSR count). The van der Waals surface area contributed by atoms with Gasteiger partial charge in [-0.3, -0.25) is 9.78 Å². The minimum absolute atomic E-state index is 0.0343. The number of amides is 1. The predicted octanol–water partition coefficient (Wildman–Crippen LogP) is 4.21. The number of hydrogen-bond donors (Lipinski definition) is 2. The maximum Gasteiger partial charge on any atom is 0.419 e. The van der Waals surface area contributed by atoms with Gasteiger partial charge in [0.25, 0.3) is 5.91 Å². The van der Waals surface area contributed by atoms with Crippen molar-refractivity contribution in [3.8, 4) is 5.75 Å².